The fraction of sp³-hybridized carbons (Fsp3) is 0.0667. The second kappa shape index (κ2) is 4.86. The van der Waals surface area contributed by atoms with Gasteiger partial charge in [0, 0.05) is 17.8 Å². The first-order valence-corrected chi connectivity index (χ1v) is 6.30. The SMILES string of the molecule is O=c1c2ccccc2ccn1Cc1ccnc(Cl)c1. The first-order valence-electron chi connectivity index (χ1n) is 5.93. The monoisotopic (exact) mass is 270 g/mol. The van der Waals surface area contributed by atoms with Crippen LogP contribution in [0.15, 0.2) is 59.7 Å². The smallest absolute Gasteiger partial charge is 0.258 e. The van der Waals surface area contributed by atoms with Crippen molar-refractivity contribution in [3.8, 4) is 0 Å². The summed E-state index contributed by atoms with van der Waals surface area (Å²) in [5, 5.41) is 2.12. The molecule has 3 rings (SSSR count). The van der Waals surface area contributed by atoms with Crippen molar-refractivity contribution in [3.05, 3.63) is 75.9 Å². The molecule has 0 amide bonds. The quantitative estimate of drug-likeness (QED) is 0.671. The number of pyridine rings is 2. The number of rotatable bonds is 2. The Balaban J connectivity index is 2.06. The van der Waals surface area contributed by atoms with E-state index in [0.717, 1.165) is 16.3 Å². The van der Waals surface area contributed by atoms with Gasteiger partial charge in [-0.15, -0.1) is 0 Å². The molecule has 0 N–H and O–H groups in total. The molecule has 3 nitrogen and oxygen atoms in total. The summed E-state index contributed by atoms with van der Waals surface area (Å²) < 4.78 is 1.67. The number of hydrogen-bond acceptors (Lipinski definition) is 2. The van der Waals surface area contributed by atoms with Gasteiger partial charge < -0.3 is 4.57 Å². The summed E-state index contributed by atoms with van der Waals surface area (Å²) in [7, 11) is 0. The molecule has 94 valence electrons. The van der Waals surface area contributed by atoms with Crippen LogP contribution >= 0.6 is 11.6 Å². The van der Waals surface area contributed by atoms with Crippen LogP contribution in [0.5, 0.6) is 0 Å². The molecular weight excluding hydrogens is 260 g/mol. The molecular formula is C15H11ClN2O. The van der Waals surface area contributed by atoms with Crippen molar-refractivity contribution >= 4 is 22.4 Å². The minimum Gasteiger partial charge on any atom is -0.311 e. The predicted octanol–water partition coefficient (Wildman–Crippen LogP) is 3.10. The molecule has 0 bridgehead atoms. The summed E-state index contributed by atoms with van der Waals surface area (Å²) in [5.74, 6) is 0. The topological polar surface area (TPSA) is 34.9 Å². The van der Waals surface area contributed by atoms with E-state index in [1.165, 1.54) is 0 Å². The third-order valence-electron chi connectivity index (χ3n) is 3.03. The molecule has 3 aromatic rings. The first-order chi connectivity index (χ1) is 9.24. The van der Waals surface area contributed by atoms with E-state index in [4.69, 9.17) is 11.6 Å². The summed E-state index contributed by atoms with van der Waals surface area (Å²) in [5.41, 5.74) is 0.961. The number of nitrogens with zero attached hydrogens (tertiary/aromatic N) is 2. The minimum atomic E-state index is 0.00559. The standard InChI is InChI=1S/C15H11ClN2O/c16-14-9-11(5-7-17-14)10-18-8-6-12-3-1-2-4-13(12)15(18)19/h1-9H,10H2. The van der Waals surface area contributed by atoms with Gasteiger partial charge in [0.05, 0.1) is 6.54 Å². The van der Waals surface area contributed by atoms with Gasteiger partial charge in [-0.3, -0.25) is 4.79 Å². The Bertz CT molecular complexity index is 795. The van der Waals surface area contributed by atoms with E-state index in [1.807, 2.05) is 36.4 Å². The fourth-order valence-corrected chi connectivity index (χ4v) is 2.29. The predicted molar refractivity (Wildman–Crippen MR) is 76.6 cm³/mol. The molecule has 19 heavy (non-hydrogen) atoms. The molecule has 0 radical (unpaired) electrons. The van der Waals surface area contributed by atoms with Crippen molar-refractivity contribution in [3.63, 3.8) is 0 Å². The minimum absolute atomic E-state index is 0.00559. The van der Waals surface area contributed by atoms with E-state index in [1.54, 1.807) is 23.0 Å². The van der Waals surface area contributed by atoms with Gasteiger partial charge in [-0.05, 0) is 35.2 Å². The molecule has 0 saturated carbocycles. The number of halogens is 1. The molecule has 4 heteroatoms. The number of benzene rings is 1. The summed E-state index contributed by atoms with van der Waals surface area (Å²) in [6.45, 7) is 0.492. The zero-order valence-corrected chi connectivity index (χ0v) is 10.8. The highest BCUT2D eigenvalue weighted by molar-refractivity contribution is 6.29. The van der Waals surface area contributed by atoms with Crippen molar-refractivity contribution in [2.75, 3.05) is 0 Å². The van der Waals surface area contributed by atoms with E-state index < -0.39 is 0 Å². The second-order valence-corrected chi connectivity index (χ2v) is 4.71. The van der Waals surface area contributed by atoms with E-state index >= 15 is 0 Å². The lowest BCUT2D eigenvalue weighted by Gasteiger charge is -2.07. The lowest BCUT2D eigenvalue weighted by molar-refractivity contribution is 0.767. The van der Waals surface area contributed by atoms with Crippen LogP contribution in [0.1, 0.15) is 5.56 Å². The van der Waals surface area contributed by atoms with E-state index in [-0.39, 0.29) is 5.56 Å². The maximum Gasteiger partial charge on any atom is 0.258 e. The number of fused-ring (bicyclic) bond motifs is 1. The molecule has 0 aliphatic heterocycles. The van der Waals surface area contributed by atoms with Crippen LogP contribution in [-0.4, -0.2) is 9.55 Å². The van der Waals surface area contributed by atoms with Gasteiger partial charge in [0.2, 0.25) is 0 Å². The summed E-state index contributed by atoms with van der Waals surface area (Å²) in [4.78, 5) is 16.3. The zero-order valence-electron chi connectivity index (χ0n) is 10.1. The Morgan fingerprint density at radius 3 is 2.84 bits per heavy atom. The largest absolute Gasteiger partial charge is 0.311 e. The maximum atomic E-state index is 12.3. The van der Waals surface area contributed by atoms with E-state index in [9.17, 15) is 4.79 Å². The second-order valence-electron chi connectivity index (χ2n) is 4.32. The van der Waals surface area contributed by atoms with Gasteiger partial charge in [0.25, 0.3) is 5.56 Å². The van der Waals surface area contributed by atoms with Gasteiger partial charge >= 0.3 is 0 Å². The summed E-state index contributed by atoms with van der Waals surface area (Å²) in [6, 6.07) is 13.1. The molecule has 0 aliphatic rings. The molecule has 2 heterocycles. The Hall–Kier alpha value is -2.13. The van der Waals surface area contributed by atoms with Crippen LogP contribution in [0.3, 0.4) is 0 Å². The molecule has 0 unspecified atom stereocenters. The molecule has 0 spiro atoms. The molecule has 1 aromatic carbocycles. The summed E-state index contributed by atoms with van der Waals surface area (Å²) >= 11 is 5.85. The highest BCUT2D eigenvalue weighted by atomic mass is 35.5. The average molecular weight is 271 g/mol. The highest BCUT2D eigenvalue weighted by Gasteiger charge is 2.03. The average Bonchev–Trinajstić information content (AvgIpc) is 2.42. The third-order valence-corrected chi connectivity index (χ3v) is 3.24. The first kappa shape index (κ1) is 11.9. The maximum absolute atomic E-state index is 12.3. The van der Waals surface area contributed by atoms with Gasteiger partial charge in [-0.25, -0.2) is 4.98 Å². The number of aromatic nitrogens is 2. The highest BCUT2D eigenvalue weighted by Crippen LogP contribution is 2.11. The lowest BCUT2D eigenvalue weighted by atomic mass is 10.1. The van der Waals surface area contributed by atoms with Crippen molar-refractivity contribution < 1.29 is 0 Å². The van der Waals surface area contributed by atoms with Crippen LogP contribution in [0.4, 0.5) is 0 Å². The fourth-order valence-electron chi connectivity index (χ4n) is 2.09. The van der Waals surface area contributed by atoms with Crippen LogP contribution in [0.2, 0.25) is 5.15 Å². The Labute approximate surface area is 115 Å². The van der Waals surface area contributed by atoms with Crippen molar-refractivity contribution in [2.24, 2.45) is 0 Å². The molecule has 2 aromatic heterocycles. The third kappa shape index (κ3) is 2.37. The molecule has 0 atom stereocenters. The van der Waals surface area contributed by atoms with Crippen molar-refractivity contribution in [1.82, 2.24) is 9.55 Å². The van der Waals surface area contributed by atoms with Gasteiger partial charge in [-0.1, -0.05) is 29.8 Å². The summed E-state index contributed by atoms with van der Waals surface area (Å²) in [6.07, 6.45) is 3.45. The Morgan fingerprint density at radius 1 is 1.16 bits per heavy atom. The molecule has 0 saturated heterocycles. The van der Waals surface area contributed by atoms with Gasteiger partial charge in [0.15, 0.2) is 0 Å². The number of hydrogen-bond donors (Lipinski definition) is 0. The van der Waals surface area contributed by atoms with Crippen molar-refractivity contribution in [2.45, 2.75) is 6.54 Å². The Kier molecular flexibility index (Phi) is 3.05. The van der Waals surface area contributed by atoms with Crippen LogP contribution < -0.4 is 5.56 Å². The molecule has 0 fully saturated rings. The van der Waals surface area contributed by atoms with Crippen LogP contribution in [0, 0.1) is 0 Å². The molecule has 0 aliphatic carbocycles. The zero-order chi connectivity index (χ0) is 13.2. The lowest BCUT2D eigenvalue weighted by Crippen LogP contribution is -2.19. The van der Waals surface area contributed by atoms with E-state index in [0.29, 0.717) is 11.7 Å². The van der Waals surface area contributed by atoms with Crippen LogP contribution in [-0.2, 0) is 6.54 Å². The normalized spacial score (nSPS) is 10.8. The Morgan fingerprint density at radius 2 is 2.00 bits per heavy atom. The van der Waals surface area contributed by atoms with Crippen molar-refractivity contribution in [1.29, 1.82) is 0 Å². The van der Waals surface area contributed by atoms with E-state index in [2.05, 4.69) is 4.98 Å². The van der Waals surface area contributed by atoms with Crippen LogP contribution in [0.25, 0.3) is 10.8 Å². The van der Waals surface area contributed by atoms with Gasteiger partial charge in [0.1, 0.15) is 5.15 Å². The van der Waals surface area contributed by atoms with Gasteiger partial charge in [-0.2, -0.15) is 0 Å².